The Morgan fingerprint density at radius 2 is 1.85 bits per heavy atom. The van der Waals surface area contributed by atoms with Gasteiger partial charge in [0.25, 0.3) is 0 Å². The molecule has 34 heavy (non-hydrogen) atoms. The van der Waals surface area contributed by atoms with Gasteiger partial charge < -0.3 is 4.57 Å². The summed E-state index contributed by atoms with van der Waals surface area (Å²) >= 11 is 6.16. The Morgan fingerprint density at radius 3 is 2.56 bits per heavy atom. The quantitative estimate of drug-likeness (QED) is 0.514. The first-order valence-electron chi connectivity index (χ1n) is 11.1. The largest absolute Gasteiger partial charge is 0.352 e. The molecule has 3 heterocycles. The average Bonchev–Trinajstić information content (AvgIpc) is 3.27. The molecule has 0 saturated carbocycles. The number of nitrogens with zero attached hydrogens (tertiary/aromatic N) is 4. The summed E-state index contributed by atoms with van der Waals surface area (Å²) in [6.07, 6.45) is 1.09. The van der Waals surface area contributed by atoms with Crippen LogP contribution in [-0.2, 0) is 27.3 Å². The third-order valence-electron chi connectivity index (χ3n) is 6.62. The maximum atomic E-state index is 14.7. The van der Waals surface area contributed by atoms with Gasteiger partial charge in [-0.05, 0) is 44.0 Å². The molecule has 0 atom stereocenters. The number of benzene rings is 2. The molecule has 2 aliphatic heterocycles. The Labute approximate surface area is 201 Å². The Balaban J connectivity index is 1.53. The lowest BCUT2D eigenvalue weighted by molar-refractivity contribution is -0.141. The van der Waals surface area contributed by atoms with Crippen LogP contribution in [0.3, 0.4) is 0 Å². The van der Waals surface area contributed by atoms with Crippen LogP contribution in [-0.4, -0.2) is 47.0 Å². The van der Waals surface area contributed by atoms with E-state index < -0.39 is 21.9 Å². The molecule has 11 heteroatoms. The van der Waals surface area contributed by atoms with Gasteiger partial charge in [0.05, 0.1) is 34.6 Å². The summed E-state index contributed by atoms with van der Waals surface area (Å²) < 4.78 is 57.4. The Morgan fingerprint density at radius 1 is 1.15 bits per heavy atom. The van der Waals surface area contributed by atoms with Crippen molar-refractivity contribution in [3.8, 4) is 0 Å². The number of carbonyl (C=O) groups excluding carboxylic acids is 1. The topological polar surface area (TPSA) is 75.5 Å². The van der Waals surface area contributed by atoms with E-state index in [9.17, 15) is 22.0 Å². The van der Waals surface area contributed by atoms with E-state index >= 15 is 0 Å². The third-order valence-corrected chi connectivity index (χ3v) is 8.73. The summed E-state index contributed by atoms with van der Waals surface area (Å²) in [7, 11) is -3.29. The minimum absolute atomic E-state index is 0.0418. The highest BCUT2D eigenvalue weighted by Gasteiger charge is 2.53. The first-order chi connectivity index (χ1) is 16.1. The molecule has 3 aromatic rings. The minimum Gasteiger partial charge on any atom is -0.323 e. The van der Waals surface area contributed by atoms with Gasteiger partial charge in [0.15, 0.2) is 0 Å². The van der Waals surface area contributed by atoms with Crippen LogP contribution in [0.25, 0.3) is 11.0 Å². The highest BCUT2D eigenvalue weighted by molar-refractivity contribution is 7.89. The minimum atomic E-state index is -3.60. The van der Waals surface area contributed by atoms with Gasteiger partial charge in [0.1, 0.15) is 5.82 Å². The number of para-hydroxylation sites is 1. The number of rotatable bonds is 5. The molecule has 1 saturated heterocycles. The SMILES string of the molecule is CCS(=O)(=O)N1CCC(n2c(CN3C(=O)C(F)(F)c4ccccc43)nc3cc(Cl)ccc32)CC1. The molecular formula is C23H23ClF2N4O3S. The number of hydrogen-bond donors (Lipinski definition) is 0. The van der Waals surface area contributed by atoms with E-state index in [1.165, 1.54) is 22.5 Å². The number of aromatic nitrogens is 2. The van der Waals surface area contributed by atoms with Crippen molar-refractivity contribution >= 4 is 44.3 Å². The van der Waals surface area contributed by atoms with Crippen molar-refractivity contribution in [1.82, 2.24) is 13.9 Å². The number of imidazole rings is 1. The van der Waals surface area contributed by atoms with Gasteiger partial charge in [-0.25, -0.2) is 17.7 Å². The number of piperidine rings is 1. The van der Waals surface area contributed by atoms with Crippen LogP contribution < -0.4 is 4.90 Å². The number of carbonyl (C=O) groups is 1. The van der Waals surface area contributed by atoms with Crippen molar-refractivity contribution in [2.45, 2.75) is 38.3 Å². The van der Waals surface area contributed by atoms with Crippen LogP contribution >= 0.6 is 11.6 Å². The first kappa shape index (κ1) is 23.2. The normalized spacial score (nSPS) is 19.2. The average molecular weight is 509 g/mol. The summed E-state index contributed by atoms with van der Waals surface area (Å²) in [5.74, 6) is -4.39. The van der Waals surface area contributed by atoms with E-state index in [0.717, 1.165) is 10.4 Å². The van der Waals surface area contributed by atoms with Crippen molar-refractivity contribution in [1.29, 1.82) is 0 Å². The summed E-state index contributed by atoms with van der Waals surface area (Å²) in [5.41, 5.74) is 1.21. The van der Waals surface area contributed by atoms with Crippen molar-refractivity contribution < 1.29 is 22.0 Å². The number of anilines is 1. The van der Waals surface area contributed by atoms with E-state index in [1.54, 1.807) is 25.1 Å². The van der Waals surface area contributed by atoms with Gasteiger partial charge in [-0.15, -0.1) is 0 Å². The second-order valence-corrected chi connectivity index (χ2v) is 11.2. The van der Waals surface area contributed by atoms with Crippen LogP contribution in [0.4, 0.5) is 14.5 Å². The fourth-order valence-corrected chi connectivity index (χ4v) is 6.17. The molecular weight excluding hydrogens is 486 g/mol. The van der Waals surface area contributed by atoms with Gasteiger partial charge in [-0.1, -0.05) is 29.8 Å². The zero-order chi connectivity index (χ0) is 24.3. The Bertz CT molecular complexity index is 1380. The molecule has 180 valence electrons. The molecule has 0 bridgehead atoms. The zero-order valence-corrected chi connectivity index (χ0v) is 20.0. The lowest BCUT2D eigenvalue weighted by atomic mass is 10.1. The smallest absolute Gasteiger partial charge is 0.323 e. The lowest BCUT2D eigenvalue weighted by Gasteiger charge is -2.33. The summed E-state index contributed by atoms with van der Waals surface area (Å²) in [5, 5.41) is 0.488. The number of fused-ring (bicyclic) bond motifs is 2. The molecule has 0 radical (unpaired) electrons. The molecule has 0 unspecified atom stereocenters. The molecule has 1 amide bonds. The van der Waals surface area contributed by atoms with Crippen LogP contribution in [0, 0.1) is 0 Å². The summed E-state index contributed by atoms with van der Waals surface area (Å²) in [4.78, 5) is 18.4. The number of hydrogen-bond acceptors (Lipinski definition) is 4. The molecule has 1 aromatic heterocycles. The molecule has 1 fully saturated rings. The van der Waals surface area contributed by atoms with Gasteiger partial charge >= 0.3 is 11.8 Å². The van der Waals surface area contributed by atoms with Crippen LogP contribution in [0.5, 0.6) is 0 Å². The molecule has 2 aromatic carbocycles. The van der Waals surface area contributed by atoms with E-state index in [4.69, 9.17) is 11.6 Å². The molecule has 0 N–H and O–H groups in total. The second kappa shape index (κ2) is 8.28. The maximum Gasteiger partial charge on any atom is 0.352 e. The van der Waals surface area contributed by atoms with E-state index in [-0.39, 0.29) is 29.6 Å². The third kappa shape index (κ3) is 3.68. The molecule has 2 aliphatic rings. The van der Waals surface area contributed by atoms with Crippen molar-refractivity contribution in [3.63, 3.8) is 0 Å². The highest BCUT2D eigenvalue weighted by Crippen LogP contribution is 2.45. The number of halogens is 3. The fourth-order valence-electron chi connectivity index (χ4n) is 4.87. The summed E-state index contributed by atoms with van der Waals surface area (Å²) in [6.45, 7) is 2.20. The predicted octanol–water partition coefficient (Wildman–Crippen LogP) is 4.31. The number of alkyl halides is 2. The standard InChI is InChI=1S/C23H23ClF2N4O3S/c1-2-34(32,33)28-11-9-16(10-12-28)30-20-8-7-15(24)13-18(20)27-21(30)14-29-19-6-4-3-5-17(19)23(25,26)22(29)31/h3-8,13,16H,2,9-12,14H2,1H3. The Hall–Kier alpha value is -2.56. The monoisotopic (exact) mass is 508 g/mol. The van der Waals surface area contributed by atoms with E-state index in [1.807, 2.05) is 10.6 Å². The highest BCUT2D eigenvalue weighted by atomic mass is 35.5. The molecule has 0 aliphatic carbocycles. The van der Waals surface area contributed by atoms with E-state index in [2.05, 4.69) is 4.98 Å². The van der Waals surface area contributed by atoms with Gasteiger partial charge in [-0.3, -0.25) is 9.69 Å². The number of sulfonamides is 1. The van der Waals surface area contributed by atoms with Crippen LogP contribution in [0.15, 0.2) is 42.5 Å². The molecule has 0 spiro atoms. The van der Waals surface area contributed by atoms with E-state index in [0.29, 0.717) is 42.3 Å². The number of amides is 1. The molecule has 5 rings (SSSR count). The fraction of sp³-hybridized carbons (Fsp3) is 0.391. The van der Waals surface area contributed by atoms with Gasteiger partial charge in [0, 0.05) is 24.2 Å². The zero-order valence-electron chi connectivity index (χ0n) is 18.4. The van der Waals surface area contributed by atoms with Gasteiger partial charge in [0.2, 0.25) is 10.0 Å². The van der Waals surface area contributed by atoms with Crippen molar-refractivity contribution in [2.75, 3.05) is 23.7 Å². The summed E-state index contributed by atoms with van der Waals surface area (Å²) in [6, 6.07) is 11.0. The second-order valence-electron chi connectivity index (χ2n) is 8.54. The van der Waals surface area contributed by atoms with Gasteiger partial charge in [-0.2, -0.15) is 8.78 Å². The van der Waals surface area contributed by atoms with Crippen LogP contribution in [0.2, 0.25) is 5.02 Å². The Kier molecular flexibility index (Phi) is 5.65. The maximum absolute atomic E-state index is 14.7. The molecule has 7 nitrogen and oxygen atoms in total. The predicted molar refractivity (Wildman–Crippen MR) is 126 cm³/mol. The van der Waals surface area contributed by atoms with Crippen LogP contribution in [0.1, 0.15) is 37.2 Å². The van der Waals surface area contributed by atoms with Crippen molar-refractivity contribution in [2.24, 2.45) is 0 Å². The lowest BCUT2D eigenvalue weighted by Crippen LogP contribution is -2.40. The van der Waals surface area contributed by atoms with Crippen molar-refractivity contribution in [3.05, 3.63) is 58.9 Å². The first-order valence-corrected chi connectivity index (χ1v) is 13.1.